The van der Waals surface area contributed by atoms with Gasteiger partial charge in [-0.05, 0) is 57.7 Å². The Kier molecular flexibility index (Phi) is 3.82. The lowest BCUT2D eigenvalue weighted by molar-refractivity contribution is 0.190. The van der Waals surface area contributed by atoms with E-state index in [0.717, 1.165) is 18.5 Å². The number of hydrogen-bond acceptors (Lipinski definition) is 2. The third-order valence-corrected chi connectivity index (χ3v) is 4.01. The topological polar surface area (TPSA) is 29.3 Å². The molecule has 2 rings (SSSR count). The summed E-state index contributed by atoms with van der Waals surface area (Å²) in [5.74, 6) is 1.02. The summed E-state index contributed by atoms with van der Waals surface area (Å²) in [5, 5.41) is 0. The molecule has 1 unspecified atom stereocenters. The summed E-state index contributed by atoms with van der Waals surface area (Å²) in [6.45, 7) is 3.44. The average molecular weight is 196 g/mol. The maximum atomic E-state index is 5.58. The molecule has 0 amide bonds. The van der Waals surface area contributed by atoms with Crippen molar-refractivity contribution in [1.82, 2.24) is 4.90 Å². The van der Waals surface area contributed by atoms with Crippen molar-refractivity contribution in [3.8, 4) is 0 Å². The van der Waals surface area contributed by atoms with Crippen LogP contribution in [0.25, 0.3) is 0 Å². The smallest absolute Gasteiger partial charge is 0.0124 e. The molecular formula is C12H24N2. The summed E-state index contributed by atoms with van der Waals surface area (Å²) < 4.78 is 0. The Hall–Kier alpha value is -0.0800. The van der Waals surface area contributed by atoms with Crippen LogP contribution in [0.5, 0.6) is 0 Å². The van der Waals surface area contributed by atoms with Crippen molar-refractivity contribution in [3.05, 3.63) is 0 Å². The number of rotatable bonds is 4. The van der Waals surface area contributed by atoms with Crippen molar-refractivity contribution in [2.24, 2.45) is 11.7 Å². The van der Waals surface area contributed by atoms with E-state index in [1.165, 1.54) is 58.0 Å². The molecule has 1 atom stereocenters. The van der Waals surface area contributed by atoms with Gasteiger partial charge in [-0.3, -0.25) is 0 Å². The molecule has 0 bridgehead atoms. The lowest BCUT2D eigenvalue weighted by Gasteiger charge is -2.29. The van der Waals surface area contributed by atoms with Crippen LogP contribution in [0.4, 0.5) is 0 Å². The second-order valence-corrected chi connectivity index (χ2v) is 4.93. The highest BCUT2D eigenvalue weighted by Gasteiger charge is 2.32. The normalized spacial score (nSPS) is 30.2. The highest BCUT2D eigenvalue weighted by molar-refractivity contribution is 4.87. The van der Waals surface area contributed by atoms with Crippen molar-refractivity contribution < 1.29 is 0 Å². The van der Waals surface area contributed by atoms with Gasteiger partial charge >= 0.3 is 0 Å². The zero-order valence-corrected chi connectivity index (χ0v) is 9.25. The van der Waals surface area contributed by atoms with Gasteiger partial charge in [0.2, 0.25) is 0 Å². The van der Waals surface area contributed by atoms with E-state index in [-0.39, 0.29) is 0 Å². The molecule has 1 aliphatic heterocycles. The Bertz CT molecular complexity index is 164. The van der Waals surface area contributed by atoms with Gasteiger partial charge in [0.15, 0.2) is 0 Å². The fraction of sp³-hybridized carbons (Fsp3) is 1.00. The zero-order chi connectivity index (χ0) is 9.80. The van der Waals surface area contributed by atoms with Crippen LogP contribution in [0.15, 0.2) is 0 Å². The molecule has 0 aromatic heterocycles. The molecule has 1 heterocycles. The van der Waals surface area contributed by atoms with Crippen LogP contribution < -0.4 is 5.73 Å². The van der Waals surface area contributed by atoms with Gasteiger partial charge in [-0.1, -0.05) is 12.8 Å². The number of nitrogens with two attached hydrogens (primary N) is 1. The molecule has 0 aromatic carbocycles. The molecule has 82 valence electrons. The maximum Gasteiger partial charge on any atom is 0.0124 e. The Labute approximate surface area is 87.8 Å². The Morgan fingerprint density at radius 1 is 1.07 bits per heavy atom. The molecule has 2 heteroatoms. The van der Waals surface area contributed by atoms with Crippen LogP contribution in [0.2, 0.25) is 0 Å². The van der Waals surface area contributed by atoms with E-state index in [9.17, 15) is 0 Å². The van der Waals surface area contributed by atoms with E-state index in [2.05, 4.69) is 4.90 Å². The van der Waals surface area contributed by atoms with Crippen LogP contribution in [-0.4, -0.2) is 30.6 Å². The first-order valence-corrected chi connectivity index (χ1v) is 6.36. The molecule has 2 nitrogen and oxygen atoms in total. The van der Waals surface area contributed by atoms with Crippen LogP contribution in [-0.2, 0) is 0 Å². The summed E-state index contributed by atoms with van der Waals surface area (Å²) >= 11 is 0. The summed E-state index contributed by atoms with van der Waals surface area (Å²) in [6, 6.07) is 0.920. The molecular weight excluding hydrogens is 172 g/mol. The predicted octanol–water partition coefficient (Wildman–Crippen LogP) is 1.99. The van der Waals surface area contributed by atoms with Crippen LogP contribution in [0.3, 0.4) is 0 Å². The van der Waals surface area contributed by atoms with Crippen molar-refractivity contribution in [2.75, 3.05) is 19.6 Å². The lowest BCUT2D eigenvalue weighted by atomic mass is 9.96. The van der Waals surface area contributed by atoms with Gasteiger partial charge in [0.05, 0.1) is 0 Å². The van der Waals surface area contributed by atoms with Crippen LogP contribution in [0.1, 0.15) is 44.9 Å². The van der Waals surface area contributed by atoms with Gasteiger partial charge in [0.1, 0.15) is 0 Å². The van der Waals surface area contributed by atoms with E-state index < -0.39 is 0 Å². The van der Waals surface area contributed by atoms with E-state index in [1.54, 1.807) is 0 Å². The summed E-state index contributed by atoms with van der Waals surface area (Å²) in [4.78, 5) is 2.71. The molecule has 0 spiro atoms. The second-order valence-electron chi connectivity index (χ2n) is 4.93. The van der Waals surface area contributed by atoms with E-state index in [1.807, 2.05) is 0 Å². The SMILES string of the molecule is NCCCN1CCCC1C1CCCC1. The first kappa shape index (κ1) is 10.4. The molecule has 0 aromatic rings. The summed E-state index contributed by atoms with van der Waals surface area (Å²) in [6.07, 6.45) is 10.00. The van der Waals surface area contributed by atoms with Gasteiger partial charge in [-0.25, -0.2) is 0 Å². The highest BCUT2D eigenvalue weighted by Crippen LogP contribution is 2.35. The number of likely N-dealkylation sites (tertiary alicyclic amines) is 1. The Morgan fingerprint density at radius 3 is 2.57 bits per heavy atom. The fourth-order valence-corrected chi connectivity index (χ4v) is 3.30. The molecule has 1 saturated carbocycles. The van der Waals surface area contributed by atoms with Crippen molar-refractivity contribution in [1.29, 1.82) is 0 Å². The van der Waals surface area contributed by atoms with Crippen LogP contribution >= 0.6 is 0 Å². The minimum atomic E-state index is 0.855. The summed E-state index contributed by atoms with van der Waals surface area (Å²) in [7, 11) is 0. The largest absolute Gasteiger partial charge is 0.330 e. The molecule has 2 fully saturated rings. The number of nitrogens with zero attached hydrogens (tertiary/aromatic N) is 1. The zero-order valence-electron chi connectivity index (χ0n) is 9.25. The molecule has 2 N–H and O–H groups in total. The van der Waals surface area contributed by atoms with Crippen molar-refractivity contribution in [2.45, 2.75) is 51.0 Å². The maximum absolute atomic E-state index is 5.58. The molecule has 1 aliphatic carbocycles. The Morgan fingerprint density at radius 2 is 1.86 bits per heavy atom. The predicted molar refractivity (Wildman–Crippen MR) is 60.2 cm³/mol. The molecule has 1 saturated heterocycles. The van der Waals surface area contributed by atoms with Gasteiger partial charge in [-0.15, -0.1) is 0 Å². The quantitative estimate of drug-likeness (QED) is 0.745. The van der Waals surface area contributed by atoms with E-state index >= 15 is 0 Å². The Balaban J connectivity index is 1.82. The monoisotopic (exact) mass is 196 g/mol. The van der Waals surface area contributed by atoms with Gasteiger partial charge < -0.3 is 10.6 Å². The van der Waals surface area contributed by atoms with Crippen molar-refractivity contribution >= 4 is 0 Å². The van der Waals surface area contributed by atoms with Gasteiger partial charge in [-0.2, -0.15) is 0 Å². The number of hydrogen-bond donors (Lipinski definition) is 1. The van der Waals surface area contributed by atoms with Gasteiger partial charge in [0.25, 0.3) is 0 Å². The molecule has 14 heavy (non-hydrogen) atoms. The highest BCUT2D eigenvalue weighted by atomic mass is 15.2. The minimum absolute atomic E-state index is 0.855. The summed E-state index contributed by atoms with van der Waals surface area (Å²) in [5.41, 5.74) is 5.58. The van der Waals surface area contributed by atoms with Crippen molar-refractivity contribution in [3.63, 3.8) is 0 Å². The first-order valence-electron chi connectivity index (χ1n) is 6.36. The second kappa shape index (κ2) is 5.13. The first-order chi connectivity index (χ1) is 6.92. The lowest BCUT2D eigenvalue weighted by Crippen LogP contribution is -2.36. The third kappa shape index (κ3) is 2.29. The third-order valence-electron chi connectivity index (χ3n) is 4.01. The minimum Gasteiger partial charge on any atom is -0.330 e. The average Bonchev–Trinajstić information content (AvgIpc) is 2.84. The molecule has 2 aliphatic rings. The van der Waals surface area contributed by atoms with E-state index in [0.29, 0.717) is 0 Å². The van der Waals surface area contributed by atoms with E-state index in [4.69, 9.17) is 5.73 Å². The molecule has 0 radical (unpaired) electrons. The standard InChI is InChI=1S/C12H24N2/c13-8-4-10-14-9-3-7-12(14)11-5-1-2-6-11/h11-12H,1-10,13H2. The van der Waals surface area contributed by atoms with Gasteiger partial charge in [0, 0.05) is 6.04 Å². The van der Waals surface area contributed by atoms with Crippen LogP contribution in [0, 0.1) is 5.92 Å². The fourth-order valence-electron chi connectivity index (χ4n) is 3.30.